The molecule has 1 nitrogen and oxygen atoms in total. The fraction of sp³-hybridized carbons (Fsp3) is 0.778. The lowest BCUT2D eigenvalue weighted by molar-refractivity contribution is 0.0929. The minimum absolute atomic E-state index is 0.172. The minimum atomic E-state index is -0.172. The Labute approximate surface area is 174 Å². The molecule has 0 heterocycles. The van der Waals surface area contributed by atoms with Crippen molar-refractivity contribution in [1.29, 1.82) is 0 Å². The van der Waals surface area contributed by atoms with Gasteiger partial charge in [0, 0.05) is 0 Å². The lowest BCUT2D eigenvalue weighted by Crippen LogP contribution is -2.36. The lowest BCUT2D eigenvalue weighted by Gasteiger charge is -2.44. The van der Waals surface area contributed by atoms with Crippen LogP contribution in [-0.2, 0) is 0 Å². The Morgan fingerprint density at radius 2 is 1.89 bits per heavy atom. The van der Waals surface area contributed by atoms with Crippen molar-refractivity contribution in [3.63, 3.8) is 0 Å². The van der Waals surface area contributed by atoms with Crippen molar-refractivity contribution in [3.05, 3.63) is 35.5 Å². The average molecular weight is 385 g/mol. The van der Waals surface area contributed by atoms with Gasteiger partial charge in [0.15, 0.2) is 0 Å². The zero-order valence-corrected chi connectivity index (χ0v) is 19.0. The van der Waals surface area contributed by atoms with Crippen LogP contribution in [0.15, 0.2) is 35.5 Å². The van der Waals surface area contributed by atoms with Gasteiger partial charge in [-0.1, -0.05) is 76.8 Å². The van der Waals surface area contributed by atoms with Crippen molar-refractivity contribution in [2.75, 3.05) is 0 Å². The summed E-state index contributed by atoms with van der Waals surface area (Å²) >= 11 is 0. The van der Waals surface area contributed by atoms with Crippen molar-refractivity contribution in [2.24, 2.45) is 29.1 Å². The van der Waals surface area contributed by atoms with Gasteiger partial charge in [-0.25, -0.2) is 0 Å². The van der Waals surface area contributed by atoms with Crippen LogP contribution in [0.4, 0.5) is 0 Å². The Balaban J connectivity index is 1.70. The van der Waals surface area contributed by atoms with E-state index in [0.717, 1.165) is 42.9 Å². The fourth-order valence-electron chi connectivity index (χ4n) is 6.66. The van der Waals surface area contributed by atoms with E-state index in [2.05, 4.69) is 46.4 Å². The Morgan fingerprint density at radius 3 is 2.64 bits per heavy atom. The van der Waals surface area contributed by atoms with Crippen LogP contribution in [0, 0.1) is 29.1 Å². The molecule has 0 spiro atoms. The van der Waals surface area contributed by atoms with Crippen LogP contribution in [0.25, 0.3) is 0 Å². The zero-order chi connectivity index (χ0) is 20.3. The Morgan fingerprint density at radius 1 is 1.11 bits per heavy atom. The zero-order valence-electron chi connectivity index (χ0n) is 19.0. The molecule has 28 heavy (non-hydrogen) atoms. The fourth-order valence-corrected chi connectivity index (χ4v) is 6.66. The number of allylic oxidation sites excluding steroid dienone is 4. The summed E-state index contributed by atoms with van der Waals surface area (Å²) in [5.74, 6) is 3.37. The average Bonchev–Trinajstić information content (AvgIpc) is 2.99. The van der Waals surface area contributed by atoms with E-state index in [1.807, 2.05) is 0 Å². The molecule has 0 amide bonds. The smallest absolute Gasteiger partial charge is 0.0583 e. The maximum absolute atomic E-state index is 10.0. The van der Waals surface area contributed by atoms with Gasteiger partial charge >= 0.3 is 0 Å². The van der Waals surface area contributed by atoms with Crippen molar-refractivity contribution >= 4 is 0 Å². The second kappa shape index (κ2) is 9.33. The van der Waals surface area contributed by atoms with Gasteiger partial charge in [0.25, 0.3) is 0 Å². The summed E-state index contributed by atoms with van der Waals surface area (Å²) in [6.45, 7) is 14.1. The molecule has 1 heteroatoms. The summed E-state index contributed by atoms with van der Waals surface area (Å²) in [5.41, 5.74) is 4.72. The molecule has 5 atom stereocenters. The second-order valence-corrected chi connectivity index (χ2v) is 10.8. The quantitative estimate of drug-likeness (QED) is 0.499. The molecule has 0 aromatic heterocycles. The van der Waals surface area contributed by atoms with E-state index in [1.165, 1.54) is 62.5 Å². The third-order valence-corrected chi connectivity index (χ3v) is 8.35. The van der Waals surface area contributed by atoms with Crippen molar-refractivity contribution < 1.29 is 5.11 Å². The van der Waals surface area contributed by atoms with Crippen molar-refractivity contribution in [1.82, 2.24) is 0 Å². The number of rotatable bonds is 6. The van der Waals surface area contributed by atoms with E-state index in [1.54, 1.807) is 5.57 Å². The summed E-state index contributed by atoms with van der Waals surface area (Å²) < 4.78 is 0. The third-order valence-electron chi connectivity index (χ3n) is 8.35. The number of hydrogen-bond acceptors (Lipinski definition) is 1. The van der Waals surface area contributed by atoms with Gasteiger partial charge in [-0.05, 0) is 86.0 Å². The van der Waals surface area contributed by atoms with E-state index in [4.69, 9.17) is 0 Å². The maximum atomic E-state index is 10.0. The molecular formula is C27H44O. The third kappa shape index (κ3) is 4.84. The van der Waals surface area contributed by atoms with Gasteiger partial charge in [0.05, 0.1) is 6.10 Å². The molecule has 158 valence electrons. The van der Waals surface area contributed by atoms with E-state index in [9.17, 15) is 5.11 Å². The largest absolute Gasteiger partial charge is 0.393 e. The monoisotopic (exact) mass is 384 g/mol. The van der Waals surface area contributed by atoms with E-state index >= 15 is 0 Å². The van der Waals surface area contributed by atoms with Crippen LogP contribution in [0.1, 0.15) is 98.3 Å². The van der Waals surface area contributed by atoms with Crippen LogP contribution in [0.2, 0.25) is 0 Å². The molecule has 3 fully saturated rings. The summed E-state index contributed by atoms with van der Waals surface area (Å²) in [6.07, 6.45) is 18.2. The van der Waals surface area contributed by atoms with Crippen LogP contribution < -0.4 is 0 Å². The number of aliphatic hydroxyl groups is 1. The Kier molecular flexibility index (Phi) is 7.29. The van der Waals surface area contributed by atoms with Crippen molar-refractivity contribution in [3.8, 4) is 0 Å². The molecule has 3 rings (SSSR count). The molecule has 0 aromatic rings. The Hall–Kier alpha value is -0.820. The van der Waals surface area contributed by atoms with E-state index in [0.29, 0.717) is 5.41 Å². The molecule has 0 radical (unpaired) electrons. The first-order valence-electron chi connectivity index (χ1n) is 12.1. The predicted molar refractivity (Wildman–Crippen MR) is 121 cm³/mol. The number of fused-ring (bicyclic) bond motifs is 1. The molecule has 3 aliphatic carbocycles. The molecule has 0 bridgehead atoms. The van der Waals surface area contributed by atoms with Crippen LogP contribution in [0.3, 0.4) is 0 Å². The number of aliphatic hydroxyl groups excluding tert-OH is 1. The van der Waals surface area contributed by atoms with Crippen LogP contribution in [0.5, 0.6) is 0 Å². The van der Waals surface area contributed by atoms with Crippen molar-refractivity contribution in [2.45, 2.75) is 104 Å². The van der Waals surface area contributed by atoms with Gasteiger partial charge in [-0.15, -0.1) is 0 Å². The molecule has 3 aliphatic rings. The summed E-state index contributed by atoms with van der Waals surface area (Å²) in [5, 5.41) is 10.0. The highest BCUT2D eigenvalue weighted by atomic mass is 16.3. The van der Waals surface area contributed by atoms with Crippen LogP contribution >= 0.6 is 0 Å². The highest BCUT2D eigenvalue weighted by Crippen LogP contribution is 2.59. The molecule has 1 unspecified atom stereocenters. The first-order valence-corrected chi connectivity index (χ1v) is 12.1. The topological polar surface area (TPSA) is 20.2 Å². The standard InChI is InChI=1S/C27H44O/c1-19(2)8-6-9-21(4)25-15-16-26-22(10-7-17-27(25,26)5)12-13-23-18-24(28)14-11-20(23)3/h12-13,19,21,24-26,28H,3,6-11,14-18H2,1-2,4-5H3/b22-12-,23-13+/t21-,24+,25-,26?,27-/m1/s1. The lowest BCUT2D eigenvalue weighted by atomic mass is 9.60. The maximum Gasteiger partial charge on any atom is 0.0583 e. The molecule has 1 N–H and O–H groups in total. The molecule has 3 saturated carbocycles. The van der Waals surface area contributed by atoms with E-state index < -0.39 is 0 Å². The van der Waals surface area contributed by atoms with Gasteiger partial charge in [0.2, 0.25) is 0 Å². The second-order valence-electron chi connectivity index (χ2n) is 10.8. The SMILES string of the molecule is C=C1CC[C@H](O)C/C1=C\C=C1\CCC[C@@]2(C)C1CC[C@@H]2[C@H](C)CCCC(C)C. The highest BCUT2D eigenvalue weighted by molar-refractivity contribution is 5.36. The van der Waals surface area contributed by atoms with Gasteiger partial charge in [0.1, 0.15) is 0 Å². The molecular weight excluding hydrogens is 340 g/mol. The predicted octanol–water partition coefficient (Wildman–Crippen LogP) is 7.62. The summed E-state index contributed by atoms with van der Waals surface area (Å²) in [4.78, 5) is 0. The van der Waals surface area contributed by atoms with Gasteiger partial charge < -0.3 is 5.11 Å². The molecule has 0 saturated heterocycles. The summed E-state index contributed by atoms with van der Waals surface area (Å²) in [7, 11) is 0. The van der Waals surface area contributed by atoms with Crippen LogP contribution in [-0.4, -0.2) is 11.2 Å². The highest BCUT2D eigenvalue weighted by Gasteiger charge is 2.50. The van der Waals surface area contributed by atoms with Gasteiger partial charge in [-0.3, -0.25) is 0 Å². The van der Waals surface area contributed by atoms with Gasteiger partial charge in [-0.2, -0.15) is 0 Å². The minimum Gasteiger partial charge on any atom is -0.393 e. The normalized spacial score (nSPS) is 37.6. The Bertz CT molecular complexity index is 610. The first-order chi connectivity index (χ1) is 13.3. The molecule has 0 aromatic carbocycles. The first kappa shape index (κ1) is 21.9. The van der Waals surface area contributed by atoms with E-state index in [-0.39, 0.29) is 6.10 Å². The number of hydrogen-bond donors (Lipinski definition) is 1. The summed E-state index contributed by atoms with van der Waals surface area (Å²) in [6, 6.07) is 0. The molecule has 0 aliphatic heterocycles.